The molecule has 0 saturated heterocycles. The number of carbonyl (C=O) groups excluding carboxylic acids is 1. The molecule has 0 bridgehead atoms. The molecule has 0 aromatic heterocycles. The molecule has 1 aliphatic heterocycles. The zero-order valence-electron chi connectivity index (χ0n) is 10.8. The Morgan fingerprint density at radius 3 is 3.16 bits per heavy atom. The number of nitrogens with one attached hydrogen (secondary N) is 2. The van der Waals surface area contributed by atoms with Gasteiger partial charge >= 0.3 is 0 Å². The molecule has 5 nitrogen and oxygen atoms in total. The monoisotopic (exact) mass is 261 g/mol. The number of fused-ring (bicyclic) bond motifs is 1. The van der Waals surface area contributed by atoms with Crippen molar-refractivity contribution >= 4 is 17.3 Å². The lowest BCUT2D eigenvalue weighted by Gasteiger charge is -2.23. The average molecular weight is 261 g/mol. The number of rotatable bonds is 3. The molecule has 3 rings (SSSR count). The van der Waals surface area contributed by atoms with Crippen LogP contribution < -0.4 is 21.1 Å². The van der Waals surface area contributed by atoms with Crippen LogP contribution in [0.25, 0.3) is 0 Å². The molecule has 1 saturated carbocycles. The SMILES string of the molecule is NCC1CCCC1Nc1ccc2c(c1)NC(=O)CO2. The Bertz CT molecular complexity index is 490. The number of carbonyl (C=O) groups is 1. The molecule has 19 heavy (non-hydrogen) atoms. The third-order valence-corrected chi connectivity index (χ3v) is 3.93. The van der Waals surface area contributed by atoms with Gasteiger partial charge in [-0.25, -0.2) is 0 Å². The highest BCUT2D eigenvalue weighted by Crippen LogP contribution is 2.33. The Morgan fingerprint density at radius 2 is 2.32 bits per heavy atom. The lowest BCUT2D eigenvalue weighted by molar-refractivity contribution is -0.118. The van der Waals surface area contributed by atoms with Crippen LogP contribution in [-0.2, 0) is 4.79 Å². The number of hydrogen-bond acceptors (Lipinski definition) is 4. The van der Waals surface area contributed by atoms with E-state index in [1.54, 1.807) is 0 Å². The minimum absolute atomic E-state index is 0.0949. The van der Waals surface area contributed by atoms with Crippen molar-refractivity contribution in [3.05, 3.63) is 18.2 Å². The van der Waals surface area contributed by atoms with Crippen LogP contribution in [-0.4, -0.2) is 25.1 Å². The predicted molar refractivity (Wildman–Crippen MR) is 74.4 cm³/mol. The van der Waals surface area contributed by atoms with Gasteiger partial charge in [-0.15, -0.1) is 0 Å². The van der Waals surface area contributed by atoms with Crippen molar-refractivity contribution < 1.29 is 9.53 Å². The Hall–Kier alpha value is -1.75. The number of anilines is 2. The molecule has 5 heteroatoms. The first-order valence-corrected chi connectivity index (χ1v) is 6.79. The van der Waals surface area contributed by atoms with Crippen molar-refractivity contribution in [3.63, 3.8) is 0 Å². The van der Waals surface area contributed by atoms with Crippen molar-refractivity contribution in [3.8, 4) is 5.75 Å². The van der Waals surface area contributed by atoms with Crippen molar-refractivity contribution in [2.75, 3.05) is 23.8 Å². The first-order valence-electron chi connectivity index (χ1n) is 6.79. The number of benzene rings is 1. The van der Waals surface area contributed by atoms with Gasteiger partial charge < -0.3 is 21.1 Å². The molecule has 1 amide bonds. The first-order chi connectivity index (χ1) is 9.26. The predicted octanol–water partition coefficient (Wildman–Crippen LogP) is 1.56. The molecular weight excluding hydrogens is 242 g/mol. The van der Waals surface area contributed by atoms with Gasteiger partial charge in [0, 0.05) is 11.7 Å². The molecular formula is C14H19N3O2. The summed E-state index contributed by atoms with van der Waals surface area (Å²) in [5.41, 5.74) is 7.54. The van der Waals surface area contributed by atoms with E-state index < -0.39 is 0 Å². The summed E-state index contributed by atoms with van der Waals surface area (Å²) in [5, 5.41) is 6.34. The van der Waals surface area contributed by atoms with Crippen LogP contribution in [0.3, 0.4) is 0 Å². The summed E-state index contributed by atoms with van der Waals surface area (Å²) in [5.74, 6) is 1.17. The Labute approximate surface area is 112 Å². The fourth-order valence-electron chi connectivity index (χ4n) is 2.90. The van der Waals surface area contributed by atoms with Crippen LogP contribution in [0.4, 0.5) is 11.4 Å². The smallest absolute Gasteiger partial charge is 0.262 e. The van der Waals surface area contributed by atoms with Gasteiger partial charge in [-0.2, -0.15) is 0 Å². The van der Waals surface area contributed by atoms with Gasteiger partial charge in [0.25, 0.3) is 5.91 Å². The Morgan fingerprint density at radius 1 is 1.42 bits per heavy atom. The maximum absolute atomic E-state index is 11.3. The van der Waals surface area contributed by atoms with Crippen LogP contribution >= 0.6 is 0 Å². The fraction of sp³-hybridized carbons (Fsp3) is 0.500. The van der Waals surface area contributed by atoms with Crippen LogP contribution in [0.2, 0.25) is 0 Å². The van der Waals surface area contributed by atoms with Gasteiger partial charge in [-0.3, -0.25) is 4.79 Å². The van der Waals surface area contributed by atoms with Gasteiger partial charge in [0.1, 0.15) is 5.75 Å². The zero-order chi connectivity index (χ0) is 13.2. The first kappa shape index (κ1) is 12.3. The Balaban J connectivity index is 1.75. The summed E-state index contributed by atoms with van der Waals surface area (Å²) in [6, 6.07) is 6.24. The summed E-state index contributed by atoms with van der Waals surface area (Å²) in [7, 11) is 0. The highest BCUT2D eigenvalue weighted by Gasteiger charge is 2.26. The maximum atomic E-state index is 11.3. The summed E-state index contributed by atoms with van der Waals surface area (Å²) in [6.45, 7) is 0.820. The lowest BCUT2D eigenvalue weighted by Crippen LogP contribution is -2.29. The molecule has 1 aromatic carbocycles. The van der Waals surface area contributed by atoms with E-state index in [-0.39, 0.29) is 12.5 Å². The number of hydrogen-bond donors (Lipinski definition) is 3. The third-order valence-electron chi connectivity index (χ3n) is 3.93. The summed E-state index contributed by atoms with van der Waals surface area (Å²) >= 11 is 0. The normalized spacial score (nSPS) is 25.4. The van der Waals surface area contributed by atoms with E-state index in [0.717, 1.165) is 30.1 Å². The molecule has 1 fully saturated rings. The standard InChI is InChI=1S/C14H19N3O2/c15-7-9-2-1-3-11(9)16-10-4-5-13-12(6-10)17-14(18)8-19-13/h4-6,9,11,16H,1-3,7-8,15H2,(H,17,18). The van der Waals surface area contributed by atoms with E-state index in [1.165, 1.54) is 12.8 Å². The second-order valence-electron chi connectivity index (χ2n) is 5.23. The van der Waals surface area contributed by atoms with Crippen LogP contribution in [0.5, 0.6) is 5.75 Å². The summed E-state index contributed by atoms with van der Waals surface area (Å²) in [6.07, 6.45) is 3.57. The van der Waals surface area contributed by atoms with Crippen molar-refractivity contribution in [2.24, 2.45) is 11.7 Å². The third kappa shape index (κ3) is 2.51. The second kappa shape index (κ2) is 5.09. The summed E-state index contributed by atoms with van der Waals surface area (Å²) < 4.78 is 5.34. The van der Waals surface area contributed by atoms with E-state index >= 15 is 0 Å². The van der Waals surface area contributed by atoms with Crippen molar-refractivity contribution in [1.82, 2.24) is 0 Å². The second-order valence-corrected chi connectivity index (χ2v) is 5.23. The van der Waals surface area contributed by atoms with Crippen LogP contribution in [0, 0.1) is 5.92 Å². The number of nitrogens with two attached hydrogens (primary N) is 1. The van der Waals surface area contributed by atoms with E-state index in [9.17, 15) is 4.79 Å². The molecule has 0 spiro atoms. The average Bonchev–Trinajstić information content (AvgIpc) is 2.85. The zero-order valence-corrected chi connectivity index (χ0v) is 10.8. The molecule has 1 aromatic rings. The van der Waals surface area contributed by atoms with E-state index in [1.807, 2.05) is 18.2 Å². The molecule has 102 valence electrons. The van der Waals surface area contributed by atoms with Gasteiger partial charge in [-0.05, 0) is 43.5 Å². The number of ether oxygens (including phenoxy) is 1. The van der Waals surface area contributed by atoms with E-state index in [2.05, 4.69) is 10.6 Å². The molecule has 1 aliphatic carbocycles. The molecule has 4 N–H and O–H groups in total. The van der Waals surface area contributed by atoms with Crippen LogP contribution in [0.15, 0.2) is 18.2 Å². The lowest BCUT2D eigenvalue weighted by atomic mass is 10.0. The van der Waals surface area contributed by atoms with E-state index in [4.69, 9.17) is 10.5 Å². The topological polar surface area (TPSA) is 76.4 Å². The van der Waals surface area contributed by atoms with Crippen LogP contribution in [0.1, 0.15) is 19.3 Å². The minimum atomic E-state index is -0.106. The van der Waals surface area contributed by atoms with Gasteiger partial charge in [-0.1, -0.05) is 6.42 Å². The molecule has 2 unspecified atom stereocenters. The Kier molecular flexibility index (Phi) is 3.29. The van der Waals surface area contributed by atoms with Crippen molar-refractivity contribution in [2.45, 2.75) is 25.3 Å². The molecule has 1 heterocycles. The minimum Gasteiger partial charge on any atom is -0.482 e. The molecule has 0 radical (unpaired) electrons. The fourth-order valence-corrected chi connectivity index (χ4v) is 2.90. The van der Waals surface area contributed by atoms with Gasteiger partial charge in [0.2, 0.25) is 0 Å². The summed E-state index contributed by atoms with van der Waals surface area (Å²) in [4.78, 5) is 11.3. The number of amides is 1. The van der Waals surface area contributed by atoms with Gasteiger partial charge in [0.05, 0.1) is 5.69 Å². The van der Waals surface area contributed by atoms with Crippen molar-refractivity contribution in [1.29, 1.82) is 0 Å². The van der Waals surface area contributed by atoms with Gasteiger partial charge in [0.15, 0.2) is 6.61 Å². The van der Waals surface area contributed by atoms with E-state index in [0.29, 0.717) is 12.0 Å². The maximum Gasteiger partial charge on any atom is 0.262 e. The largest absolute Gasteiger partial charge is 0.482 e. The highest BCUT2D eigenvalue weighted by atomic mass is 16.5. The molecule has 2 aliphatic rings. The highest BCUT2D eigenvalue weighted by molar-refractivity contribution is 5.96. The molecule has 2 atom stereocenters. The quantitative estimate of drug-likeness (QED) is 0.771.